The molecular formula is C14H14N2OS. The third kappa shape index (κ3) is 3.40. The van der Waals surface area contributed by atoms with Crippen molar-refractivity contribution in [2.45, 2.75) is 19.0 Å². The van der Waals surface area contributed by atoms with Crippen LogP contribution in [0.3, 0.4) is 0 Å². The van der Waals surface area contributed by atoms with Gasteiger partial charge in [0.15, 0.2) is 10.9 Å². The minimum atomic E-state index is 0.105. The molecule has 92 valence electrons. The molecule has 0 saturated heterocycles. The lowest BCUT2D eigenvalue weighted by Crippen LogP contribution is -2.03. The number of aryl methyl sites for hydroxylation is 2. The summed E-state index contributed by atoms with van der Waals surface area (Å²) in [5.74, 6) is 0.473. The number of hydrogen-bond donors (Lipinski definition) is 0. The van der Waals surface area contributed by atoms with Gasteiger partial charge >= 0.3 is 0 Å². The van der Waals surface area contributed by atoms with Crippen LogP contribution in [0.15, 0.2) is 41.7 Å². The lowest BCUT2D eigenvalue weighted by molar-refractivity contribution is 0.102. The van der Waals surface area contributed by atoms with Crippen LogP contribution >= 0.6 is 11.8 Å². The predicted molar refractivity (Wildman–Crippen MR) is 73.0 cm³/mol. The molecule has 0 fully saturated rings. The van der Waals surface area contributed by atoms with Crippen LogP contribution in [0.5, 0.6) is 0 Å². The van der Waals surface area contributed by atoms with E-state index in [1.165, 1.54) is 11.8 Å². The summed E-state index contributed by atoms with van der Waals surface area (Å²) in [4.78, 5) is 20.4. The third-order valence-corrected chi connectivity index (χ3v) is 3.31. The molecule has 1 aromatic heterocycles. The van der Waals surface area contributed by atoms with Crippen molar-refractivity contribution >= 4 is 17.5 Å². The molecule has 3 nitrogen and oxygen atoms in total. The number of hydrogen-bond acceptors (Lipinski definition) is 4. The molecule has 4 heteroatoms. The first-order valence-electron chi connectivity index (χ1n) is 5.67. The van der Waals surface area contributed by atoms with Crippen LogP contribution in [0.2, 0.25) is 0 Å². The van der Waals surface area contributed by atoms with Crippen LogP contribution in [-0.2, 0) is 0 Å². The second-order valence-electron chi connectivity index (χ2n) is 4.06. The number of ketones is 1. The maximum absolute atomic E-state index is 12.0. The Morgan fingerprint density at radius 1 is 1.28 bits per heavy atom. The highest BCUT2D eigenvalue weighted by Gasteiger charge is 2.07. The Kier molecular flexibility index (Phi) is 4.10. The maximum Gasteiger partial charge on any atom is 0.188 e. The third-order valence-electron chi connectivity index (χ3n) is 2.45. The number of aromatic nitrogens is 2. The highest BCUT2D eigenvalue weighted by molar-refractivity contribution is 7.99. The molecule has 0 spiro atoms. The van der Waals surface area contributed by atoms with Gasteiger partial charge in [-0.25, -0.2) is 9.97 Å². The van der Waals surface area contributed by atoms with E-state index in [4.69, 9.17) is 0 Å². The van der Waals surface area contributed by atoms with Gasteiger partial charge in [-0.3, -0.25) is 4.79 Å². The Morgan fingerprint density at radius 3 is 2.83 bits per heavy atom. The van der Waals surface area contributed by atoms with Crippen molar-refractivity contribution in [1.82, 2.24) is 9.97 Å². The van der Waals surface area contributed by atoms with Gasteiger partial charge in [-0.05, 0) is 26.0 Å². The lowest BCUT2D eigenvalue weighted by Gasteiger charge is -2.02. The highest BCUT2D eigenvalue weighted by Crippen LogP contribution is 2.15. The average molecular weight is 258 g/mol. The minimum absolute atomic E-state index is 0.105. The molecule has 1 heterocycles. The molecule has 2 rings (SSSR count). The van der Waals surface area contributed by atoms with Crippen LogP contribution < -0.4 is 0 Å². The zero-order valence-electron chi connectivity index (χ0n) is 10.4. The van der Waals surface area contributed by atoms with E-state index in [0.29, 0.717) is 10.9 Å². The van der Waals surface area contributed by atoms with Crippen molar-refractivity contribution < 1.29 is 4.79 Å². The van der Waals surface area contributed by atoms with Gasteiger partial charge in [0.05, 0.1) is 5.75 Å². The van der Waals surface area contributed by atoms with Crippen LogP contribution in [0.25, 0.3) is 0 Å². The molecule has 0 aliphatic carbocycles. The molecule has 2 aromatic rings. The fraction of sp³-hybridized carbons (Fsp3) is 0.214. The Hall–Kier alpha value is -1.68. The monoisotopic (exact) mass is 258 g/mol. The van der Waals surface area contributed by atoms with E-state index in [1.807, 2.05) is 44.2 Å². The van der Waals surface area contributed by atoms with Gasteiger partial charge < -0.3 is 0 Å². The van der Waals surface area contributed by atoms with Crippen LogP contribution in [0.1, 0.15) is 21.6 Å². The van der Waals surface area contributed by atoms with E-state index >= 15 is 0 Å². The molecule has 0 amide bonds. The smallest absolute Gasteiger partial charge is 0.188 e. The number of thioether (sulfide) groups is 1. The molecule has 0 atom stereocenters. The standard InChI is InChI=1S/C14H14N2OS/c1-10-4-3-5-12(8-10)13(17)9-18-14-15-7-6-11(2)16-14/h3-8H,9H2,1-2H3. The fourth-order valence-electron chi connectivity index (χ4n) is 1.53. The number of carbonyl (C=O) groups excluding carboxylic acids is 1. The van der Waals surface area contributed by atoms with Gasteiger partial charge in [-0.15, -0.1) is 0 Å². The SMILES string of the molecule is Cc1cccc(C(=O)CSc2nccc(C)n2)c1. The van der Waals surface area contributed by atoms with E-state index in [2.05, 4.69) is 9.97 Å². The zero-order chi connectivity index (χ0) is 13.0. The van der Waals surface area contributed by atoms with Crippen molar-refractivity contribution in [1.29, 1.82) is 0 Å². The average Bonchev–Trinajstić information content (AvgIpc) is 2.36. The van der Waals surface area contributed by atoms with Crippen molar-refractivity contribution in [3.63, 3.8) is 0 Å². The van der Waals surface area contributed by atoms with E-state index in [0.717, 1.165) is 16.8 Å². The summed E-state index contributed by atoms with van der Waals surface area (Å²) in [7, 11) is 0. The van der Waals surface area contributed by atoms with Gasteiger partial charge in [-0.2, -0.15) is 0 Å². The summed E-state index contributed by atoms with van der Waals surface area (Å²) in [5, 5.41) is 0.649. The van der Waals surface area contributed by atoms with Crippen LogP contribution in [0.4, 0.5) is 0 Å². The van der Waals surface area contributed by atoms with Gasteiger partial charge in [-0.1, -0.05) is 35.5 Å². The molecule has 0 aliphatic heterocycles. The Bertz CT molecular complexity index is 569. The molecule has 0 unspecified atom stereocenters. The first kappa shape index (κ1) is 12.8. The van der Waals surface area contributed by atoms with Crippen LogP contribution in [0, 0.1) is 13.8 Å². The van der Waals surface area contributed by atoms with E-state index in [9.17, 15) is 4.79 Å². The Labute approximate surface area is 111 Å². The molecule has 18 heavy (non-hydrogen) atoms. The summed E-state index contributed by atoms with van der Waals surface area (Å²) in [5.41, 5.74) is 2.75. The largest absolute Gasteiger partial charge is 0.293 e. The lowest BCUT2D eigenvalue weighted by atomic mass is 10.1. The molecule has 0 N–H and O–H groups in total. The first-order valence-corrected chi connectivity index (χ1v) is 6.66. The van der Waals surface area contributed by atoms with Gasteiger partial charge in [0.1, 0.15) is 0 Å². The number of Topliss-reactive ketones (excluding diaryl/α,β-unsaturated/α-hetero) is 1. The van der Waals surface area contributed by atoms with E-state index in [1.54, 1.807) is 6.20 Å². The van der Waals surface area contributed by atoms with Crippen LogP contribution in [-0.4, -0.2) is 21.5 Å². The summed E-state index contributed by atoms with van der Waals surface area (Å²) in [6, 6.07) is 9.46. The summed E-state index contributed by atoms with van der Waals surface area (Å²) < 4.78 is 0. The zero-order valence-corrected chi connectivity index (χ0v) is 11.2. The first-order chi connectivity index (χ1) is 8.65. The number of rotatable bonds is 4. The number of benzene rings is 1. The Morgan fingerprint density at radius 2 is 2.11 bits per heavy atom. The van der Waals surface area contributed by atoms with E-state index < -0.39 is 0 Å². The second-order valence-corrected chi connectivity index (χ2v) is 5.00. The van der Waals surface area contributed by atoms with E-state index in [-0.39, 0.29) is 5.78 Å². The summed E-state index contributed by atoms with van der Waals surface area (Å²) >= 11 is 1.37. The van der Waals surface area contributed by atoms with Gasteiger partial charge in [0, 0.05) is 17.5 Å². The topological polar surface area (TPSA) is 42.9 Å². The molecule has 1 aromatic carbocycles. The maximum atomic E-state index is 12.0. The van der Waals surface area contributed by atoms with Crippen molar-refractivity contribution in [2.75, 3.05) is 5.75 Å². The Balaban J connectivity index is 2.00. The molecule has 0 aliphatic rings. The molecule has 0 radical (unpaired) electrons. The van der Waals surface area contributed by atoms with Crippen molar-refractivity contribution in [2.24, 2.45) is 0 Å². The quantitative estimate of drug-likeness (QED) is 0.480. The summed E-state index contributed by atoms with van der Waals surface area (Å²) in [6.45, 7) is 3.89. The molecular weight excluding hydrogens is 244 g/mol. The predicted octanol–water partition coefficient (Wildman–Crippen LogP) is 3.07. The minimum Gasteiger partial charge on any atom is -0.293 e. The number of carbonyl (C=O) groups is 1. The molecule has 0 saturated carbocycles. The molecule has 0 bridgehead atoms. The highest BCUT2D eigenvalue weighted by atomic mass is 32.2. The second kappa shape index (κ2) is 5.78. The summed E-state index contributed by atoms with van der Waals surface area (Å²) in [6.07, 6.45) is 1.71. The number of nitrogens with zero attached hydrogens (tertiary/aromatic N) is 2. The van der Waals surface area contributed by atoms with Crippen molar-refractivity contribution in [3.05, 3.63) is 53.3 Å². The van der Waals surface area contributed by atoms with Gasteiger partial charge in [0.25, 0.3) is 0 Å². The normalized spacial score (nSPS) is 10.3. The van der Waals surface area contributed by atoms with Crippen molar-refractivity contribution in [3.8, 4) is 0 Å². The fourth-order valence-corrected chi connectivity index (χ4v) is 2.30. The van der Waals surface area contributed by atoms with Gasteiger partial charge in [0.2, 0.25) is 0 Å².